The maximum absolute atomic E-state index is 13.3. The van der Waals surface area contributed by atoms with Gasteiger partial charge in [-0.1, -0.05) is 5.16 Å². The molecule has 14 nitrogen and oxygen atoms in total. The Kier molecular flexibility index (Phi) is 7.91. The molecular formula is C27H26N9O5S3+. The monoisotopic (exact) mass is 652 g/mol. The molecule has 0 bridgehead atoms. The first-order chi connectivity index (χ1) is 21.1. The molecule has 4 aromatic rings. The zero-order valence-electron chi connectivity index (χ0n) is 23.2. The van der Waals surface area contributed by atoms with Gasteiger partial charge in [0.1, 0.15) is 24.2 Å². The zero-order chi connectivity index (χ0) is 31.1. The Morgan fingerprint density at radius 1 is 1.34 bits per heavy atom. The Morgan fingerprint density at radius 2 is 2.16 bits per heavy atom. The van der Waals surface area contributed by atoms with Crippen LogP contribution in [0.3, 0.4) is 0 Å². The van der Waals surface area contributed by atoms with Crippen molar-refractivity contribution in [2.75, 3.05) is 18.6 Å². The minimum absolute atomic E-state index is 0.0176. The van der Waals surface area contributed by atoms with Gasteiger partial charge in [0.25, 0.3) is 0 Å². The van der Waals surface area contributed by atoms with Crippen molar-refractivity contribution in [2.24, 2.45) is 16.8 Å². The number of nitrogen functional groups attached to an aromatic ring is 2. The molecule has 226 valence electrons. The summed E-state index contributed by atoms with van der Waals surface area (Å²) in [7, 11) is 1.28. The number of rotatable bonds is 11. The summed E-state index contributed by atoms with van der Waals surface area (Å²) in [6.07, 6.45) is 5.61. The van der Waals surface area contributed by atoms with Crippen LogP contribution in [-0.2, 0) is 32.3 Å². The second kappa shape index (κ2) is 11.8. The number of carboxylic acid groups (broad SMARTS) is 1. The van der Waals surface area contributed by atoms with Gasteiger partial charge in [0.2, 0.25) is 11.7 Å². The van der Waals surface area contributed by atoms with Crippen molar-refractivity contribution >= 4 is 79.9 Å². The highest BCUT2D eigenvalue weighted by atomic mass is 32.2. The maximum Gasteiger partial charge on any atom is 0.352 e. The van der Waals surface area contributed by atoms with Crippen LogP contribution in [0.5, 0.6) is 0 Å². The van der Waals surface area contributed by atoms with Crippen LogP contribution < -0.4 is 16.0 Å². The van der Waals surface area contributed by atoms with E-state index in [1.54, 1.807) is 0 Å². The molecule has 6 heterocycles. The van der Waals surface area contributed by atoms with Crippen molar-refractivity contribution in [1.29, 1.82) is 5.41 Å². The number of Topliss-reactive ketones (excluding diaryl/α,β-unsaturated/α-hetero) is 1. The third kappa shape index (κ3) is 5.44. The van der Waals surface area contributed by atoms with Gasteiger partial charge in [0, 0.05) is 62.7 Å². The number of carboxylic acids is 1. The molecule has 17 heteroatoms. The second-order valence-electron chi connectivity index (χ2n) is 10.1. The van der Waals surface area contributed by atoms with E-state index < -0.39 is 29.0 Å². The average molecular weight is 653 g/mol. The average Bonchev–Trinajstić information content (AvgIpc) is 3.75. The maximum atomic E-state index is 13.3. The highest BCUT2D eigenvalue weighted by Crippen LogP contribution is 2.45. The van der Waals surface area contributed by atoms with E-state index in [-0.39, 0.29) is 41.2 Å². The molecule has 0 aliphatic carbocycles. The molecule has 2 aliphatic heterocycles. The number of thiophene rings is 1. The number of carbonyl (C=O) groups is 3. The van der Waals surface area contributed by atoms with Crippen LogP contribution in [0.4, 0.5) is 5.13 Å². The molecular weight excluding hydrogens is 627 g/mol. The van der Waals surface area contributed by atoms with E-state index in [4.69, 9.17) is 21.7 Å². The van der Waals surface area contributed by atoms with Crippen LogP contribution in [0.2, 0.25) is 0 Å². The first-order valence-corrected chi connectivity index (χ1v) is 15.9. The van der Waals surface area contributed by atoms with Gasteiger partial charge in [-0.15, -0.1) is 23.1 Å². The van der Waals surface area contributed by atoms with Crippen molar-refractivity contribution < 1.29 is 28.9 Å². The summed E-state index contributed by atoms with van der Waals surface area (Å²) >= 11 is 3.86. The van der Waals surface area contributed by atoms with E-state index in [1.807, 2.05) is 46.7 Å². The molecule has 1 amide bonds. The number of nitrogens with two attached hydrogens (primary N) is 2. The zero-order valence-corrected chi connectivity index (χ0v) is 25.6. The summed E-state index contributed by atoms with van der Waals surface area (Å²) in [4.78, 5) is 49.9. The number of pyridine rings is 1. The number of hydrogen-bond donors (Lipinski definition) is 4. The molecule has 0 aromatic carbocycles. The highest BCUT2D eigenvalue weighted by molar-refractivity contribution is 8.00. The number of nitrogens with zero attached hydrogens (tertiary/aromatic N) is 6. The van der Waals surface area contributed by atoms with Crippen LogP contribution >= 0.6 is 34.6 Å². The van der Waals surface area contributed by atoms with Gasteiger partial charge >= 0.3 is 5.97 Å². The fourth-order valence-corrected chi connectivity index (χ4v) is 7.99. The number of oxime groups is 1. The number of hydrogen-bond acceptors (Lipinski definition) is 12. The Balaban J connectivity index is 1.21. The molecule has 6 N–H and O–H groups in total. The molecule has 4 aromatic heterocycles. The lowest BCUT2D eigenvalue weighted by Crippen LogP contribution is -2.62. The normalized spacial score (nSPS) is 18.3. The number of anilines is 1. The number of thioether (sulfide) groups is 1. The van der Waals surface area contributed by atoms with Crippen LogP contribution in [0, 0.1) is 11.3 Å². The van der Waals surface area contributed by atoms with Crippen LogP contribution in [0.25, 0.3) is 10.9 Å². The number of carbonyl (C=O) groups excluding carboxylic acids is 2. The van der Waals surface area contributed by atoms with Crippen LogP contribution in [-0.4, -0.2) is 71.4 Å². The van der Waals surface area contributed by atoms with E-state index >= 15 is 0 Å². The number of ketones is 1. The largest absolute Gasteiger partial charge is 0.477 e. The van der Waals surface area contributed by atoms with Crippen molar-refractivity contribution in [3.8, 4) is 0 Å². The summed E-state index contributed by atoms with van der Waals surface area (Å²) in [6.45, 7) is 0.863. The molecule has 44 heavy (non-hydrogen) atoms. The molecule has 1 saturated heterocycles. The Labute approximate surface area is 262 Å². The van der Waals surface area contributed by atoms with Crippen molar-refractivity contribution in [1.82, 2.24) is 18.8 Å². The fraction of sp³-hybridized carbons (Fsp3) is 0.259. The third-order valence-electron chi connectivity index (χ3n) is 7.30. The van der Waals surface area contributed by atoms with Crippen molar-refractivity contribution in [3.63, 3.8) is 0 Å². The van der Waals surface area contributed by atoms with Gasteiger partial charge in [-0.05, 0) is 12.1 Å². The van der Waals surface area contributed by atoms with Gasteiger partial charge in [-0.3, -0.25) is 19.9 Å². The number of aromatic nitrogens is 4. The number of fused-ring (bicyclic) bond motifs is 2. The van der Waals surface area contributed by atoms with Gasteiger partial charge in [-0.25, -0.2) is 4.79 Å². The fourth-order valence-electron chi connectivity index (χ4n) is 5.27. The summed E-state index contributed by atoms with van der Waals surface area (Å²) < 4.78 is 8.00. The first kappa shape index (κ1) is 29.5. The lowest BCUT2D eigenvalue weighted by Gasteiger charge is -2.49. The lowest BCUT2D eigenvalue weighted by molar-refractivity contribution is -0.687. The highest BCUT2D eigenvalue weighted by Gasteiger charge is 2.54. The van der Waals surface area contributed by atoms with Crippen molar-refractivity contribution in [2.45, 2.75) is 24.9 Å². The Hall–Kier alpha value is -4.61. The van der Waals surface area contributed by atoms with E-state index in [2.05, 4.69) is 19.1 Å². The molecule has 0 radical (unpaired) electrons. The van der Waals surface area contributed by atoms with E-state index in [9.17, 15) is 19.5 Å². The summed E-state index contributed by atoms with van der Waals surface area (Å²) in [5.74, 6) is -2.45. The lowest BCUT2D eigenvalue weighted by atomic mass is 9.89. The smallest absolute Gasteiger partial charge is 0.352 e. The summed E-state index contributed by atoms with van der Waals surface area (Å²) in [6, 6.07) is 5.86. The minimum Gasteiger partial charge on any atom is -0.477 e. The number of amidine groups is 1. The van der Waals surface area contributed by atoms with Crippen molar-refractivity contribution in [3.05, 3.63) is 69.7 Å². The molecule has 2 aliphatic rings. The Morgan fingerprint density at radius 3 is 2.84 bits per heavy atom. The molecule has 2 atom stereocenters. The third-order valence-corrected chi connectivity index (χ3v) is 10.2. The molecule has 6 rings (SSSR count). The summed E-state index contributed by atoms with van der Waals surface area (Å²) in [5.41, 5.74) is 13.3. The molecule has 0 unspecified atom stereocenters. The molecule has 0 saturated carbocycles. The van der Waals surface area contributed by atoms with E-state index in [1.165, 1.54) is 35.1 Å². The van der Waals surface area contributed by atoms with Gasteiger partial charge in [-0.2, -0.15) is 13.9 Å². The molecule has 0 spiro atoms. The van der Waals surface area contributed by atoms with Gasteiger partial charge in [0.15, 0.2) is 35.6 Å². The topological polar surface area (TPSA) is 207 Å². The second-order valence-corrected chi connectivity index (χ2v) is 13.0. The quantitative estimate of drug-likeness (QED) is 0.0606. The van der Waals surface area contributed by atoms with Gasteiger partial charge in [0.05, 0.1) is 17.8 Å². The Bertz CT molecular complexity index is 1890. The molecule has 1 fully saturated rings. The standard InChI is InChI=1S/C27H25N9O5S3/c1-41-32-20(23-31-27(30)44-33-23)19(37)7-17-24(38)36-21(26(39)40)15(12-43-25(17)36)8-34-4-2-13-3-5-35(18(13)10-34)9-16-6-14(11-42-16)22(28)29/h2-6,10-11,17,25H,7-9,12H2,1H3,(H5-,28,29,30,31,33,39,40)/p+1/b32-20+/t17-,25-/m1/s1. The first-order valence-electron chi connectivity index (χ1n) is 13.2. The number of aliphatic carboxylic acids is 1. The number of nitrogens with one attached hydrogen (secondary N) is 1. The minimum atomic E-state index is -1.20. The van der Waals surface area contributed by atoms with Crippen LogP contribution in [0.15, 0.2) is 58.6 Å². The van der Waals surface area contributed by atoms with E-state index in [0.717, 1.165) is 27.3 Å². The SMILES string of the molecule is CO/N=C(\C(=O)C[C@@H]1C(=O)N2C(C(=O)O)=C(C[n+]3ccc4ccn(Cc5cc(C(=N)N)cs5)c4c3)CS[C@H]12)c1nsc(N)n1. The summed E-state index contributed by atoms with van der Waals surface area (Å²) in [5, 5.41) is 24.1. The predicted molar refractivity (Wildman–Crippen MR) is 165 cm³/mol. The number of amides is 1. The van der Waals surface area contributed by atoms with E-state index in [0.29, 0.717) is 23.4 Å². The predicted octanol–water partition coefficient (Wildman–Crippen LogP) is 1.64. The number of β-lactam (4-membered cyclic amide) rings is 1. The van der Waals surface area contributed by atoms with Gasteiger partial charge < -0.3 is 26.0 Å². The van der Waals surface area contributed by atoms with Crippen LogP contribution in [0.1, 0.15) is 22.7 Å².